The number of piperidine rings is 1. The van der Waals surface area contributed by atoms with E-state index in [1.165, 1.54) is 36.8 Å². The summed E-state index contributed by atoms with van der Waals surface area (Å²) in [4.78, 5) is 18.2. The van der Waals surface area contributed by atoms with Crippen molar-refractivity contribution < 1.29 is 4.79 Å². The van der Waals surface area contributed by atoms with Crippen LogP contribution in [-0.2, 0) is 17.9 Å². The lowest BCUT2D eigenvalue weighted by Crippen LogP contribution is -2.40. The van der Waals surface area contributed by atoms with Gasteiger partial charge in [-0.1, -0.05) is 35.9 Å². The number of likely N-dealkylation sites (tertiary alicyclic amines) is 1. The molecule has 2 aliphatic rings. The van der Waals surface area contributed by atoms with Gasteiger partial charge in [-0.25, -0.2) is 0 Å². The Hall–Kier alpha value is -2.34. The molecule has 4 N–H and O–H groups in total. The average Bonchev–Trinajstić information content (AvgIpc) is 2.77. The zero-order chi connectivity index (χ0) is 21.2. The van der Waals surface area contributed by atoms with Crippen LogP contribution in [0.1, 0.15) is 56.1 Å². The second kappa shape index (κ2) is 11.7. The van der Waals surface area contributed by atoms with Crippen LogP contribution in [0.4, 0.5) is 0 Å². The highest BCUT2D eigenvalue weighted by Gasteiger charge is 2.23. The lowest BCUT2D eigenvalue weighted by molar-refractivity contribution is -0.123. The van der Waals surface area contributed by atoms with E-state index in [1.807, 2.05) is 7.05 Å². The Morgan fingerprint density at radius 1 is 1.23 bits per heavy atom. The fraction of sp³-hybridized carbons (Fsp3) is 0.583. The molecule has 0 spiro atoms. The molecule has 1 heterocycles. The molecule has 1 aliphatic carbocycles. The Morgan fingerprint density at radius 2 is 2.10 bits per heavy atom. The summed E-state index contributed by atoms with van der Waals surface area (Å²) >= 11 is 0. The molecule has 0 radical (unpaired) electrons. The number of carbonyl (C=O) groups excluding carboxylic acids is 1. The van der Waals surface area contributed by atoms with E-state index in [9.17, 15) is 4.79 Å². The molecule has 30 heavy (non-hydrogen) atoms. The first-order chi connectivity index (χ1) is 14.6. The second-order valence-corrected chi connectivity index (χ2v) is 8.51. The van der Waals surface area contributed by atoms with Gasteiger partial charge in [-0.2, -0.15) is 0 Å². The van der Waals surface area contributed by atoms with Crippen LogP contribution in [-0.4, -0.2) is 43.4 Å². The molecule has 0 saturated carbocycles. The van der Waals surface area contributed by atoms with Crippen LogP contribution >= 0.6 is 0 Å². The van der Waals surface area contributed by atoms with E-state index in [-0.39, 0.29) is 11.8 Å². The lowest BCUT2D eigenvalue weighted by atomic mass is 9.97. The number of benzene rings is 1. The van der Waals surface area contributed by atoms with E-state index in [0.717, 1.165) is 57.9 Å². The second-order valence-electron chi connectivity index (χ2n) is 8.51. The van der Waals surface area contributed by atoms with E-state index in [0.29, 0.717) is 0 Å². The summed E-state index contributed by atoms with van der Waals surface area (Å²) in [6.45, 7) is 4.31. The number of nitrogens with two attached hydrogens (primary N) is 1. The third-order valence-corrected chi connectivity index (χ3v) is 6.11. The minimum Gasteiger partial charge on any atom is -0.369 e. The summed E-state index contributed by atoms with van der Waals surface area (Å²) in [5, 5.41) is 6.85. The zero-order valence-electron chi connectivity index (χ0n) is 18.3. The summed E-state index contributed by atoms with van der Waals surface area (Å²) < 4.78 is 0. The van der Waals surface area contributed by atoms with Crippen molar-refractivity contribution in [2.45, 2.75) is 58.0 Å². The third kappa shape index (κ3) is 7.17. The molecule has 0 aromatic heterocycles. The number of hydrogen-bond acceptors (Lipinski definition) is 3. The highest BCUT2D eigenvalue weighted by atomic mass is 16.1. The first-order valence-corrected chi connectivity index (χ1v) is 11.4. The molecule has 6 heteroatoms. The number of primary amides is 1. The fourth-order valence-electron chi connectivity index (χ4n) is 4.41. The minimum atomic E-state index is -0.170. The van der Waals surface area contributed by atoms with Gasteiger partial charge in [-0.05, 0) is 62.6 Å². The van der Waals surface area contributed by atoms with Crippen molar-refractivity contribution in [1.82, 2.24) is 15.5 Å². The molecule has 3 rings (SSSR count). The topological polar surface area (TPSA) is 82.8 Å². The number of amides is 1. The summed E-state index contributed by atoms with van der Waals surface area (Å²) in [6.07, 6.45) is 10.6. The van der Waals surface area contributed by atoms with Gasteiger partial charge in [0.25, 0.3) is 0 Å². The number of allylic oxidation sites excluding steroid dienone is 1. The van der Waals surface area contributed by atoms with Crippen molar-refractivity contribution in [3.63, 3.8) is 0 Å². The van der Waals surface area contributed by atoms with Crippen LogP contribution in [0.2, 0.25) is 0 Å². The van der Waals surface area contributed by atoms with Crippen molar-refractivity contribution in [2.24, 2.45) is 16.6 Å². The monoisotopic (exact) mass is 411 g/mol. The molecule has 1 unspecified atom stereocenters. The molecule has 1 aromatic rings. The van der Waals surface area contributed by atoms with Crippen LogP contribution < -0.4 is 16.4 Å². The van der Waals surface area contributed by atoms with Gasteiger partial charge in [0.2, 0.25) is 5.91 Å². The number of carbonyl (C=O) groups is 1. The Bertz CT molecular complexity index is 758. The van der Waals surface area contributed by atoms with Crippen LogP contribution in [0.15, 0.2) is 40.9 Å². The largest absolute Gasteiger partial charge is 0.369 e. The smallest absolute Gasteiger partial charge is 0.221 e. The predicted octanol–water partition coefficient (Wildman–Crippen LogP) is 2.94. The molecular formula is C24H37N5O. The van der Waals surface area contributed by atoms with Crippen LogP contribution in [0.3, 0.4) is 0 Å². The molecule has 1 aromatic carbocycles. The summed E-state index contributed by atoms with van der Waals surface area (Å²) in [7, 11) is 1.82. The maximum absolute atomic E-state index is 11.5. The standard InChI is InChI=1S/C24H37N5O/c1-26-24(27-13-12-19-7-3-2-4-8-19)28-16-20-9-5-10-21(15-20)17-29-14-6-11-22(18-29)23(25)30/h5,7,9-10,15,22H,2-4,6,8,11-14,16-18H2,1H3,(H2,25,30)(H2,26,27,28). The molecule has 1 aliphatic heterocycles. The van der Waals surface area contributed by atoms with Gasteiger partial charge in [0.1, 0.15) is 0 Å². The fourth-order valence-corrected chi connectivity index (χ4v) is 4.41. The number of rotatable bonds is 8. The van der Waals surface area contributed by atoms with Gasteiger partial charge < -0.3 is 16.4 Å². The van der Waals surface area contributed by atoms with E-state index in [4.69, 9.17) is 5.73 Å². The van der Waals surface area contributed by atoms with Crippen LogP contribution in [0.25, 0.3) is 0 Å². The lowest BCUT2D eigenvalue weighted by Gasteiger charge is -2.31. The molecule has 1 saturated heterocycles. The average molecular weight is 412 g/mol. The van der Waals surface area contributed by atoms with Gasteiger partial charge in [0.15, 0.2) is 5.96 Å². The van der Waals surface area contributed by atoms with E-state index < -0.39 is 0 Å². The Labute approximate surface area is 181 Å². The quantitative estimate of drug-likeness (QED) is 0.349. The Morgan fingerprint density at radius 3 is 2.87 bits per heavy atom. The number of nitrogens with zero attached hydrogens (tertiary/aromatic N) is 2. The van der Waals surface area contributed by atoms with Gasteiger partial charge in [-0.3, -0.25) is 14.7 Å². The molecule has 6 nitrogen and oxygen atoms in total. The number of hydrogen-bond donors (Lipinski definition) is 3. The summed E-state index contributed by atoms with van der Waals surface area (Å²) in [5.41, 5.74) is 9.59. The molecule has 1 amide bonds. The normalized spacial score (nSPS) is 20.5. The Kier molecular flexibility index (Phi) is 8.75. The van der Waals surface area contributed by atoms with Crippen molar-refractivity contribution in [1.29, 1.82) is 0 Å². The minimum absolute atomic E-state index is 0.0117. The van der Waals surface area contributed by atoms with Gasteiger partial charge in [0, 0.05) is 33.2 Å². The number of guanidine groups is 1. The highest BCUT2D eigenvalue weighted by Crippen LogP contribution is 2.20. The van der Waals surface area contributed by atoms with Gasteiger partial charge in [-0.15, -0.1) is 0 Å². The number of aliphatic imine (C=N–C) groups is 1. The molecule has 164 valence electrons. The maximum atomic E-state index is 11.5. The predicted molar refractivity (Wildman–Crippen MR) is 123 cm³/mol. The van der Waals surface area contributed by atoms with Gasteiger partial charge >= 0.3 is 0 Å². The molecule has 1 atom stereocenters. The number of nitrogens with one attached hydrogen (secondary N) is 2. The highest BCUT2D eigenvalue weighted by molar-refractivity contribution is 5.79. The van der Waals surface area contributed by atoms with Crippen LogP contribution in [0, 0.1) is 5.92 Å². The zero-order valence-corrected chi connectivity index (χ0v) is 18.3. The first-order valence-electron chi connectivity index (χ1n) is 11.4. The van der Waals surface area contributed by atoms with Crippen LogP contribution in [0.5, 0.6) is 0 Å². The van der Waals surface area contributed by atoms with Crippen molar-refractivity contribution in [3.8, 4) is 0 Å². The van der Waals surface area contributed by atoms with Crippen molar-refractivity contribution >= 4 is 11.9 Å². The molecular weight excluding hydrogens is 374 g/mol. The van der Waals surface area contributed by atoms with Crippen molar-refractivity contribution in [2.75, 3.05) is 26.7 Å². The SMILES string of the molecule is CN=C(NCCC1=CCCCC1)NCc1cccc(CN2CCCC(C(N)=O)C2)c1. The molecule has 1 fully saturated rings. The summed E-state index contributed by atoms with van der Waals surface area (Å²) in [6, 6.07) is 8.63. The molecule has 0 bridgehead atoms. The Balaban J connectivity index is 1.44. The third-order valence-electron chi connectivity index (χ3n) is 6.11. The van der Waals surface area contributed by atoms with Crippen molar-refractivity contribution in [3.05, 3.63) is 47.0 Å². The summed E-state index contributed by atoms with van der Waals surface area (Å²) in [5.74, 6) is 0.663. The first kappa shape index (κ1) is 22.3. The van der Waals surface area contributed by atoms with E-state index >= 15 is 0 Å². The maximum Gasteiger partial charge on any atom is 0.221 e. The van der Waals surface area contributed by atoms with E-state index in [1.54, 1.807) is 5.57 Å². The van der Waals surface area contributed by atoms with E-state index in [2.05, 4.69) is 50.9 Å². The van der Waals surface area contributed by atoms with Gasteiger partial charge in [0.05, 0.1) is 5.92 Å².